The SMILES string of the molecule is CC(C)COC(=O)[C@H]1C(=O)C[C@](C)(O)[C@H](C(=O)OCC(C)C)[C@@H]1c1ccc(C(C)C)cc1. The summed E-state index contributed by atoms with van der Waals surface area (Å²) >= 11 is 0. The van der Waals surface area contributed by atoms with Gasteiger partial charge in [-0.3, -0.25) is 14.4 Å². The van der Waals surface area contributed by atoms with Crippen LogP contribution in [0.15, 0.2) is 24.3 Å². The minimum atomic E-state index is -1.64. The molecule has 0 radical (unpaired) electrons. The molecule has 1 aliphatic rings. The number of Topliss-reactive ketones (excluding diaryl/α,β-unsaturated/α-hetero) is 1. The first-order chi connectivity index (χ1) is 14.8. The standard InChI is InChI=1S/C26H38O6/c1-15(2)13-31-24(28)22-20(27)12-26(7,30)23(25(29)32-14-16(3)4)21(22)19-10-8-18(9-11-19)17(5)6/h8-11,15-17,21-23,30H,12-14H2,1-7H3/t21-,22+,23+,26+/m1/s1. The Kier molecular flexibility index (Phi) is 8.63. The summed E-state index contributed by atoms with van der Waals surface area (Å²) in [5.41, 5.74) is 0.0997. The minimum Gasteiger partial charge on any atom is -0.465 e. The Hall–Kier alpha value is -2.21. The van der Waals surface area contributed by atoms with Gasteiger partial charge in [-0.2, -0.15) is 0 Å². The third-order valence-corrected chi connectivity index (χ3v) is 5.88. The maximum Gasteiger partial charge on any atom is 0.317 e. The quantitative estimate of drug-likeness (QED) is 0.474. The highest BCUT2D eigenvalue weighted by molar-refractivity contribution is 6.02. The number of esters is 2. The molecule has 0 aliphatic heterocycles. The topological polar surface area (TPSA) is 89.9 Å². The highest BCUT2D eigenvalue weighted by atomic mass is 16.5. The van der Waals surface area contributed by atoms with E-state index in [1.165, 1.54) is 6.92 Å². The summed E-state index contributed by atoms with van der Waals surface area (Å²) in [6, 6.07) is 7.53. The molecule has 178 valence electrons. The van der Waals surface area contributed by atoms with Gasteiger partial charge in [0.15, 0.2) is 5.78 Å². The number of carbonyl (C=O) groups is 3. The molecule has 1 N–H and O–H groups in total. The monoisotopic (exact) mass is 446 g/mol. The van der Waals surface area contributed by atoms with Crippen LogP contribution in [0.25, 0.3) is 0 Å². The van der Waals surface area contributed by atoms with Crippen LogP contribution < -0.4 is 0 Å². The van der Waals surface area contributed by atoms with Crippen molar-refractivity contribution in [2.24, 2.45) is 23.7 Å². The zero-order valence-corrected chi connectivity index (χ0v) is 20.4. The van der Waals surface area contributed by atoms with Crippen molar-refractivity contribution >= 4 is 17.7 Å². The molecule has 0 bridgehead atoms. The van der Waals surface area contributed by atoms with E-state index >= 15 is 0 Å². The van der Waals surface area contributed by atoms with Crippen LogP contribution in [0.5, 0.6) is 0 Å². The van der Waals surface area contributed by atoms with Crippen molar-refractivity contribution in [1.82, 2.24) is 0 Å². The van der Waals surface area contributed by atoms with E-state index < -0.39 is 41.1 Å². The molecule has 0 unspecified atom stereocenters. The summed E-state index contributed by atoms with van der Waals surface area (Å²) in [4.78, 5) is 39.3. The molecule has 1 aromatic rings. The molecule has 1 saturated carbocycles. The number of hydrogen-bond acceptors (Lipinski definition) is 6. The first-order valence-electron chi connectivity index (χ1n) is 11.5. The van der Waals surface area contributed by atoms with Gasteiger partial charge in [0.2, 0.25) is 0 Å². The summed E-state index contributed by atoms with van der Waals surface area (Å²) in [6.45, 7) is 13.7. The zero-order chi connectivity index (χ0) is 24.2. The molecule has 6 nitrogen and oxygen atoms in total. The van der Waals surface area contributed by atoms with E-state index in [0.29, 0.717) is 11.5 Å². The van der Waals surface area contributed by atoms with Crippen LogP contribution in [0.2, 0.25) is 0 Å². The second-order valence-corrected chi connectivity index (χ2v) is 10.4. The minimum absolute atomic E-state index is 0.108. The van der Waals surface area contributed by atoms with Crippen LogP contribution >= 0.6 is 0 Å². The number of carbonyl (C=O) groups excluding carboxylic acids is 3. The first-order valence-corrected chi connectivity index (χ1v) is 11.5. The van der Waals surface area contributed by atoms with Crippen LogP contribution in [0.4, 0.5) is 0 Å². The molecule has 0 saturated heterocycles. The predicted molar refractivity (Wildman–Crippen MR) is 122 cm³/mol. The maximum absolute atomic E-state index is 13.2. The van der Waals surface area contributed by atoms with Gasteiger partial charge in [0.25, 0.3) is 0 Å². The third-order valence-electron chi connectivity index (χ3n) is 5.88. The second kappa shape index (κ2) is 10.6. The molecule has 1 aliphatic carbocycles. The Morgan fingerprint density at radius 3 is 1.94 bits per heavy atom. The van der Waals surface area contributed by atoms with Crippen molar-refractivity contribution in [3.05, 3.63) is 35.4 Å². The van der Waals surface area contributed by atoms with Gasteiger partial charge >= 0.3 is 11.9 Å². The summed E-state index contributed by atoms with van der Waals surface area (Å²) in [5, 5.41) is 11.2. The van der Waals surface area contributed by atoms with E-state index in [4.69, 9.17) is 9.47 Å². The molecule has 0 spiro atoms. The summed E-state index contributed by atoms with van der Waals surface area (Å²) < 4.78 is 10.9. The average Bonchev–Trinajstić information content (AvgIpc) is 2.69. The Morgan fingerprint density at radius 1 is 0.969 bits per heavy atom. The normalized spacial score (nSPS) is 26.0. The summed E-state index contributed by atoms with van der Waals surface area (Å²) in [5.74, 6) is -4.26. The molecule has 32 heavy (non-hydrogen) atoms. The zero-order valence-electron chi connectivity index (χ0n) is 20.4. The van der Waals surface area contributed by atoms with Crippen molar-refractivity contribution in [1.29, 1.82) is 0 Å². The molecular weight excluding hydrogens is 408 g/mol. The van der Waals surface area contributed by atoms with E-state index in [1.54, 1.807) is 0 Å². The van der Waals surface area contributed by atoms with Crippen LogP contribution in [0.3, 0.4) is 0 Å². The Balaban J connectivity index is 2.54. The van der Waals surface area contributed by atoms with E-state index in [1.807, 2.05) is 52.0 Å². The van der Waals surface area contributed by atoms with Gasteiger partial charge < -0.3 is 14.6 Å². The molecule has 6 heteroatoms. The fraction of sp³-hybridized carbons (Fsp3) is 0.654. The molecule has 1 aromatic carbocycles. The number of benzene rings is 1. The largest absolute Gasteiger partial charge is 0.465 e. The fourth-order valence-corrected chi connectivity index (χ4v) is 4.20. The van der Waals surface area contributed by atoms with Crippen molar-refractivity contribution < 1.29 is 29.0 Å². The molecule has 1 fully saturated rings. The Labute approximate surface area is 191 Å². The highest BCUT2D eigenvalue weighted by Crippen LogP contribution is 2.47. The van der Waals surface area contributed by atoms with Crippen molar-refractivity contribution in [3.8, 4) is 0 Å². The lowest BCUT2D eigenvalue weighted by molar-refractivity contribution is -0.173. The van der Waals surface area contributed by atoms with E-state index in [0.717, 1.165) is 5.56 Å². The van der Waals surface area contributed by atoms with Gasteiger partial charge in [0, 0.05) is 12.3 Å². The number of aliphatic hydroxyl groups is 1. The molecule has 0 amide bonds. The Morgan fingerprint density at radius 2 is 1.47 bits per heavy atom. The van der Waals surface area contributed by atoms with Gasteiger partial charge in [-0.15, -0.1) is 0 Å². The number of hydrogen-bond donors (Lipinski definition) is 1. The van der Waals surface area contributed by atoms with Crippen LogP contribution in [-0.4, -0.2) is 41.6 Å². The van der Waals surface area contributed by atoms with Crippen LogP contribution in [-0.2, 0) is 23.9 Å². The van der Waals surface area contributed by atoms with E-state index in [-0.39, 0.29) is 31.5 Å². The lowest BCUT2D eigenvalue weighted by Gasteiger charge is -2.43. The van der Waals surface area contributed by atoms with Gasteiger partial charge in [-0.1, -0.05) is 65.8 Å². The number of ketones is 1. The molecular formula is C26H38O6. The van der Waals surface area contributed by atoms with E-state index in [2.05, 4.69) is 13.8 Å². The van der Waals surface area contributed by atoms with Gasteiger partial charge in [0.1, 0.15) is 5.92 Å². The van der Waals surface area contributed by atoms with Gasteiger partial charge in [-0.05, 0) is 35.8 Å². The maximum atomic E-state index is 13.2. The lowest BCUT2D eigenvalue weighted by atomic mass is 9.61. The average molecular weight is 447 g/mol. The first kappa shape index (κ1) is 26.0. The van der Waals surface area contributed by atoms with E-state index in [9.17, 15) is 19.5 Å². The molecule has 0 aromatic heterocycles. The van der Waals surface area contributed by atoms with Crippen molar-refractivity contribution in [2.45, 2.75) is 72.3 Å². The smallest absolute Gasteiger partial charge is 0.317 e. The third kappa shape index (κ3) is 6.18. The van der Waals surface area contributed by atoms with Crippen molar-refractivity contribution in [2.75, 3.05) is 13.2 Å². The lowest BCUT2D eigenvalue weighted by Crippen LogP contribution is -2.55. The van der Waals surface area contributed by atoms with Crippen LogP contribution in [0, 0.1) is 23.7 Å². The fourth-order valence-electron chi connectivity index (χ4n) is 4.20. The molecule has 0 heterocycles. The number of ether oxygens (including phenoxy) is 2. The molecule has 4 atom stereocenters. The molecule has 2 rings (SSSR count). The summed E-state index contributed by atoms with van der Waals surface area (Å²) in [6.07, 6.45) is -0.309. The van der Waals surface area contributed by atoms with Gasteiger partial charge in [0.05, 0.1) is 24.7 Å². The van der Waals surface area contributed by atoms with Crippen molar-refractivity contribution in [3.63, 3.8) is 0 Å². The Bertz CT molecular complexity index is 806. The predicted octanol–water partition coefficient (Wildman–Crippen LogP) is 4.25. The summed E-state index contributed by atoms with van der Waals surface area (Å²) in [7, 11) is 0. The highest BCUT2D eigenvalue weighted by Gasteiger charge is 2.57. The van der Waals surface area contributed by atoms with Crippen LogP contribution in [0.1, 0.15) is 77.8 Å². The number of rotatable bonds is 8. The second-order valence-electron chi connectivity index (χ2n) is 10.4. The van der Waals surface area contributed by atoms with Gasteiger partial charge in [-0.25, -0.2) is 0 Å².